The van der Waals surface area contributed by atoms with E-state index in [0.29, 0.717) is 25.3 Å². The van der Waals surface area contributed by atoms with Crippen molar-refractivity contribution in [2.45, 2.75) is 26.9 Å². The normalized spacial score (nSPS) is 13.8. The van der Waals surface area contributed by atoms with Crippen LogP contribution in [0.1, 0.15) is 27.7 Å². The van der Waals surface area contributed by atoms with Crippen molar-refractivity contribution >= 4 is 5.91 Å². The number of nitrogens with zero attached hydrogens (tertiary/aromatic N) is 7. The Bertz CT molecular complexity index is 894. The van der Waals surface area contributed by atoms with Crippen LogP contribution in [0.5, 0.6) is 0 Å². The maximum Gasteiger partial charge on any atom is 0.276 e. The van der Waals surface area contributed by atoms with Crippen molar-refractivity contribution in [2.75, 3.05) is 6.54 Å². The predicted molar refractivity (Wildman–Crippen MR) is 85.6 cm³/mol. The molecule has 0 spiro atoms. The highest BCUT2D eigenvalue weighted by atomic mass is 16.2. The number of hydrogen-bond donors (Lipinski definition) is 0. The summed E-state index contributed by atoms with van der Waals surface area (Å²) in [6.07, 6.45) is 1.66. The number of aryl methyl sites for hydroxylation is 2. The second kappa shape index (κ2) is 5.55. The van der Waals surface area contributed by atoms with Crippen molar-refractivity contribution in [3.63, 3.8) is 0 Å². The molecule has 122 valence electrons. The molecule has 0 radical (unpaired) electrons. The summed E-state index contributed by atoms with van der Waals surface area (Å²) in [5.41, 5.74) is 2.38. The number of benzene rings is 1. The van der Waals surface area contributed by atoms with Crippen LogP contribution in [0.4, 0.5) is 0 Å². The molecule has 2 aromatic heterocycles. The maximum atomic E-state index is 12.7. The van der Waals surface area contributed by atoms with Crippen LogP contribution in [0.25, 0.3) is 5.69 Å². The van der Waals surface area contributed by atoms with Crippen LogP contribution >= 0.6 is 0 Å². The van der Waals surface area contributed by atoms with Crippen LogP contribution in [0.3, 0.4) is 0 Å². The van der Waals surface area contributed by atoms with Gasteiger partial charge in [-0.25, -0.2) is 4.68 Å². The zero-order valence-electron chi connectivity index (χ0n) is 13.5. The molecule has 3 aromatic rings. The van der Waals surface area contributed by atoms with Gasteiger partial charge >= 0.3 is 0 Å². The van der Waals surface area contributed by atoms with E-state index in [0.717, 1.165) is 17.3 Å². The lowest BCUT2D eigenvalue weighted by Gasteiger charge is -2.26. The molecule has 1 aromatic carbocycles. The summed E-state index contributed by atoms with van der Waals surface area (Å²) in [4.78, 5) is 14.4. The molecule has 0 bridgehead atoms. The first kappa shape index (κ1) is 14.6. The van der Waals surface area contributed by atoms with Crippen LogP contribution in [0.2, 0.25) is 0 Å². The fourth-order valence-electron chi connectivity index (χ4n) is 2.82. The minimum atomic E-state index is -0.139. The summed E-state index contributed by atoms with van der Waals surface area (Å²) in [5, 5.41) is 16.3. The van der Waals surface area contributed by atoms with Crippen LogP contribution in [-0.2, 0) is 13.1 Å². The quantitative estimate of drug-likeness (QED) is 0.706. The van der Waals surface area contributed by atoms with Crippen LogP contribution in [-0.4, -0.2) is 47.1 Å². The van der Waals surface area contributed by atoms with Gasteiger partial charge in [-0.15, -0.1) is 15.3 Å². The Morgan fingerprint density at radius 1 is 1.04 bits per heavy atom. The molecular formula is C16H17N7O. The standard InChI is InChI=1S/C16H17N7O/c1-11-3-5-13(6-4-11)23-9-14(18-20-23)16(24)21-7-8-22-12(2)17-19-15(22)10-21/h3-6,9H,7-8,10H2,1-2H3. The molecular weight excluding hydrogens is 306 g/mol. The number of fused-ring (bicyclic) bond motifs is 1. The van der Waals surface area contributed by atoms with E-state index in [1.54, 1.807) is 15.8 Å². The minimum Gasteiger partial charge on any atom is -0.328 e. The molecule has 1 amide bonds. The van der Waals surface area contributed by atoms with Gasteiger partial charge in [-0.2, -0.15) is 0 Å². The third-order valence-corrected chi connectivity index (χ3v) is 4.24. The summed E-state index contributed by atoms with van der Waals surface area (Å²) >= 11 is 0. The van der Waals surface area contributed by atoms with Gasteiger partial charge in [0.05, 0.1) is 18.4 Å². The molecule has 0 unspecified atom stereocenters. The average Bonchev–Trinajstić information content (AvgIpc) is 3.22. The summed E-state index contributed by atoms with van der Waals surface area (Å²) in [7, 11) is 0. The second-order valence-electron chi connectivity index (χ2n) is 5.93. The lowest BCUT2D eigenvalue weighted by molar-refractivity contribution is 0.0700. The van der Waals surface area contributed by atoms with Crippen molar-refractivity contribution in [3.05, 3.63) is 53.4 Å². The van der Waals surface area contributed by atoms with Gasteiger partial charge in [0.2, 0.25) is 0 Å². The summed E-state index contributed by atoms with van der Waals surface area (Å²) in [5.74, 6) is 1.54. The largest absolute Gasteiger partial charge is 0.328 e. The molecule has 0 saturated carbocycles. The van der Waals surface area contributed by atoms with Crippen molar-refractivity contribution < 1.29 is 4.79 Å². The van der Waals surface area contributed by atoms with Gasteiger partial charge in [-0.05, 0) is 26.0 Å². The number of rotatable bonds is 2. The highest BCUT2D eigenvalue weighted by Gasteiger charge is 2.26. The smallest absolute Gasteiger partial charge is 0.276 e. The Morgan fingerprint density at radius 2 is 1.83 bits per heavy atom. The van der Waals surface area contributed by atoms with Crippen molar-refractivity contribution in [3.8, 4) is 5.69 Å². The van der Waals surface area contributed by atoms with E-state index in [9.17, 15) is 4.79 Å². The summed E-state index contributed by atoms with van der Waals surface area (Å²) in [6.45, 7) is 5.70. The van der Waals surface area contributed by atoms with E-state index < -0.39 is 0 Å². The molecule has 0 N–H and O–H groups in total. The van der Waals surface area contributed by atoms with Gasteiger partial charge in [0.25, 0.3) is 5.91 Å². The number of carbonyl (C=O) groups is 1. The fraction of sp³-hybridized carbons (Fsp3) is 0.312. The summed E-state index contributed by atoms with van der Waals surface area (Å²) < 4.78 is 3.65. The Kier molecular flexibility index (Phi) is 3.37. The molecule has 8 heteroatoms. The first-order valence-corrected chi connectivity index (χ1v) is 7.79. The predicted octanol–water partition coefficient (Wildman–Crippen LogP) is 1.13. The topological polar surface area (TPSA) is 81.7 Å². The molecule has 8 nitrogen and oxygen atoms in total. The van der Waals surface area contributed by atoms with Crippen LogP contribution in [0.15, 0.2) is 30.5 Å². The molecule has 4 rings (SSSR count). The Morgan fingerprint density at radius 3 is 2.62 bits per heavy atom. The van der Waals surface area contributed by atoms with Crippen LogP contribution < -0.4 is 0 Å². The number of carbonyl (C=O) groups excluding carboxylic acids is 1. The number of hydrogen-bond acceptors (Lipinski definition) is 5. The average molecular weight is 323 g/mol. The minimum absolute atomic E-state index is 0.139. The molecule has 0 aliphatic carbocycles. The van der Waals surface area contributed by atoms with Gasteiger partial charge in [0.1, 0.15) is 5.82 Å². The van der Waals surface area contributed by atoms with Gasteiger partial charge < -0.3 is 9.47 Å². The lowest BCUT2D eigenvalue weighted by Crippen LogP contribution is -2.38. The van der Waals surface area contributed by atoms with E-state index in [-0.39, 0.29) is 5.91 Å². The van der Waals surface area contributed by atoms with E-state index in [4.69, 9.17) is 0 Å². The monoisotopic (exact) mass is 323 g/mol. The highest BCUT2D eigenvalue weighted by molar-refractivity contribution is 5.92. The van der Waals surface area contributed by atoms with E-state index >= 15 is 0 Å². The molecule has 24 heavy (non-hydrogen) atoms. The molecule has 0 atom stereocenters. The Labute approximate surface area is 138 Å². The van der Waals surface area contributed by atoms with Gasteiger partial charge in [-0.3, -0.25) is 4.79 Å². The zero-order valence-corrected chi connectivity index (χ0v) is 13.5. The van der Waals surface area contributed by atoms with Gasteiger partial charge in [-0.1, -0.05) is 22.9 Å². The maximum absolute atomic E-state index is 12.7. The van der Waals surface area contributed by atoms with E-state index in [2.05, 4.69) is 20.5 Å². The van der Waals surface area contributed by atoms with Gasteiger partial charge in [0.15, 0.2) is 11.5 Å². The third-order valence-electron chi connectivity index (χ3n) is 4.24. The molecule has 3 heterocycles. The number of amides is 1. The third kappa shape index (κ3) is 2.45. The Balaban J connectivity index is 1.54. The van der Waals surface area contributed by atoms with E-state index in [1.807, 2.05) is 42.7 Å². The van der Waals surface area contributed by atoms with E-state index in [1.165, 1.54) is 5.56 Å². The second-order valence-corrected chi connectivity index (χ2v) is 5.93. The molecule has 0 fully saturated rings. The first-order chi connectivity index (χ1) is 11.6. The molecule has 1 aliphatic rings. The van der Waals surface area contributed by atoms with Crippen molar-refractivity contribution in [1.82, 2.24) is 34.7 Å². The first-order valence-electron chi connectivity index (χ1n) is 7.79. The fourth-order valence-corrected chi connectivity index (χ4v) is 2.82. The lowest BCUT2D eigenvalue weighted by atomic mass is 10.2. The Hall–Kier alpha value is -3.03. The SMILES string of the molecule is Cc1ccc(-n2cc(C(=O)N3CCn4c(C)nnc4C3)nn2)cc1. The van der Waals surface area contributed by atoms with Crippen LogP contribution in [0, 0.1) is 13.8 Å². The van der Waals surface area contributed by atoms with Gasteiger partial charge in [0, 0.05) is 13.1 Å². The zero-order chi connectivity index (χ0) is 16.7. The highest BCUT2D eigenvalue weighted by Crippen LogP contribution is 2.15. The molecule has 1 aliphatic heterocycles. The summed E-state index contributed by atoms with van der Waals surface area (Å²) in [6, 6.07) is 7.89. The molecule has 0 saturated heterocycles. The van der Waals surface area contributed by atoms with Crippen molar-refractivity contribution in [1.29, 1.82) is 0 Å². The number of aromatic nitrogens is 6. The van der Waals surface area contributed by atoms with Crippen molar-refractivity contribution in [2.24, 2.45) is 0 Å².